The lowest BCUT2D eigenvalue weighted by Crippen LogP contribution is -2.40. The first-order valence-electron chi connectivity index (χ1n) is 10.9. The van der Waals surface area contributed by atoms with E-state index in [1.54, 1.807) is 19.2 Å². The molecule has 6 nitrogen and oxygen atoms in total. The maximum absolute atomic E-state index is 12.9. The van der Waals surface area contributed by atoms with Gasteiger partial charge in [-0.3, -0.25) is 4.99 Å². The molecule has 3 rings (SSSR count). The summed E-state index contributed by atoms with van der Waals surface area (Å²) in [6.07, 6.45) is 1.83. The Morgan fingerprint density at radius 2 is 2.00 bits per heavy atom. The number of rotatable bonds is 10. The standard InChI is InChI=1S/C24H31F2N3O3/c1-3-12-30-20-10-9-18(21(14-20)32-23(25)26)15-28-24(27-2)29-16-19-11-13-31-22(19)17-7-5-4-6-8-17/h4-10,14,19,22-23H,3,11-13,15-16H2,1-2H3,(H2,27,28,29). The van der Waals surface area contributed by atoms with Crippen LogP contribution in [0.3, 0.4) is 0 Å². The van der Waals surface area contributed by atoms with Crippen molar-refractivity contribution in [2.24, 2.45) is 10.9 Å². The van der Waals surface area contributed by atoms with Crippen molar-refractivity contribution in [3.05, 3.63) is 59.7 Å². The van der Waals surface area contributed by atoms with E-state index in [4.69, 9.17) is 14.2 Å². The Balaban J connectivity index is 1.58. The third-order valence-electron chi connectivity index (χ3n) is 5.27. The van der Waals surface area contributed by atoms with Crippen molar-refractivity contribution in [3.63, 3.8) is 0 Å². The highest BCUT2D eigenvalue weighted by Gasteiger charge is 2.29. The summed E-state index contributed by atoms with van der Waals surface area (Å²) in [7, 11) is 1.67. The number of halogens is 2. The number of alkyl halides is 2. The van der Waals surface area contributed by atoms with Gasteiger partial charge in [-0.2, -0.15) is 8.78 Å². The minimum Gasteiger partial charge on any atom is -0.493 e. The Morgan fingerprint density at radius 3 is 2.72 bits per heavy atom. The zero-order valence-corrected chi connectivity index (χ0v) is 18.5. The molecule has 2 aromatic carbocycles. The number of hydrogen-bond acceptors (Lipinski definition) is 4. The molecule has 0 aliphatic carbocycles. The second-order valence-corrected chi connectivity index (χ2v) is 7.55. The molecule has 8 heteroatoms. The van der Waals surface area contributed by atoms with Gasteiger partial charge < -0.3 is 24.8 Å². The SMILES string of the molecule is CCCOc1ccc(CNC(=NC)NCC2CCOC2c2ccccc2)c(OC(F)F)c1. The van der Waals surface area contributed by atoms with Crippen molar-refractivity contribution in [2.45, 2.75) is 39.0 Å². The van der Waals surface area contributed by atoms with Crippen LogP contribution >= 0.6 is 0 Å². The minimum absolute atomic E-state index is 0.0449. The van der Waals surface area contributed by atoms with Gasteiger partial charge in [0, 0.05) is 44.3 Å². The summed E-state index contributed by atoms with van der Waals surface area (Å²) in [4.78, 5) is 4.25. The van der Waals surface area contributed by atoms with Gasteiger partial charge in [-0.15, -0.1) is 0 Å². The average Bonchev–Trinajstić information content (AvgIpc) is 3.27. The van der Waals surface area contributed by atoms with E-state index in [0.29, 0.717) is 36.3 Å². The molecule has 2 unspecified atom stereocenters. The summed E-state index contributed by atoms with van der Waals surface area (Å²) in [5.41, 5.74) is 1.75. The zero-order chi connectivity index (χ0) is 22.8. The normalized spacial score (nSPS) is 18.6. The number of guanidine groups is 1. The van der Waals surface area contributed by atoms with Gasteiger partial charge in [-0.25, -0.2) is 0 Å². The maximum atomic E-state index is 12.9. The van der Waals surface area contributed by atoms with Crippen LogP contribution in [0.5, 0.6) is 11.5 Å². The van der Waals surface area contributed by atoms with E-state index in [1.807, 2.05) is 25.1 Å². The van der Waals surface area contributed by atoms with Crippen LogP contribution in [-0.4, -0.2) is 39.4 Å². The van der Waals surface area contributed by atoms with E-state index in [2.05, 4.69) is 27.8 Å². The van der Waals surface area contributed by atoms with Gasteiger partial charge in [0.1, 0.15) is 11.5 Å². The van der Waals surface area contributed by atoms with Crippen molar-refractivity contribution in [1.29, 1.82) is 0 Å². The molecule has 2 aromatic rings. The molecule has 0 bridgehead atoms. The van der Waals surface area contributed by atoms with Crippen LogP contribution in [-0.2, 0) is 11.3 Å². The van der Waals surface area contributed by atoms with E-state index in [0.717, 1.165) is 19.4 Å². The first-order chi connectivity index (χ1) is 15.6. The van der Waals surface area contributed by atoms with Gasteiger partial charge >= 0.3 is 6.61 Å². The Labute approximate surface area is 188 Å². The van der Waals surface area contributed by atoms with Gasteiger partial charge in [0.2, 0.25) is 0 Å². The fourth-order valence-electron chi connectivity index (χ4n) is 3.68. The van der Waals surface area contributed by atoms with E-state index in [9.17, 15) is 8.78 Å². The smallest absolute Gasteiger partial charge is 0.387 e. The number of hydrogen-bond donors (Lipinski definition) is 2. The average molecular weight is 448 g/mol. The second-order valence-electron chi connectivity index (χ2n) is 7.55. The molecular formula is C24H31F2N3O3. The van der Waals surface area contributed by atoms with E-state index in [-0.39, 0.29) is 18.4 Å². The first-order valence-corrected chi connectivity index (χ1v) is 10.9. The number of benzene rings is 2. The van der Waals surface area contributed by atoms with Crippen molar-refractivity contribution in [3.8, 4) is 11.5 Å². The Hall–Kier alpha value is -2.87. The topological polar surface area (TPSA) is 64.1 Å². The minimum atomic E-state index is -2.91. The molecule has 174 valence electrons. The molecular weight excluding hydrogens is 416 g/mol. The maximum Gasteiger partial charge on any atom is 0.387 e. The van der Waals surface area contributed by atoms with Crippen LogP contribution in [0, 0.1) is 5.92 Å². The number of nitrogens with one attached hydrogen (secondary N) is 2. The largest absolute Gasteiger partial charge is 0.493 e. The quantitative estimate of drug-likeness (QED) is 0.414. The van der Waals surface area contributed by atoms with Crippen LogP contribution in [0.25, 0.3) is 0 Å². The summed E-state index contributed by atoms with van der Waals surface area (Å²) in [5, 5.41) is 6.50. The molecule has 2 N–H and O–H groups in total. The predicted octanol–water partition coefficient (Wildman–Crippen LogP) is 4.52. The van der Waals surface area contributed by atoms with E-state index >= 15 is 0 Å². The molecule has 1 saturated heterocycles. The van der Waals surface area contributed by atoms with Gasteiger partial charge in [0.05, 0.1) is 12.7 Å². The van der Waals surface area contributed by atoms with Crippen LogP contribution in [0.1, 0.15) is 37.0 Å². The van der Waals surface area contributed by atoms with E-state index < -0.39 is 6.61 Å². The molecule has 1 aliphatic heterocycles. The highest BCUT2D eigenvalue weighted by Crippen LogP contribution is 2.34. The number of nitrogens with zero attached hydrogens (tertiary/aromatic N) is 1. The summed E-state index contributed by atoms with van der Waals surface area (Å²) in [6, 6.07) is 15.1. The fraction of sp³-hybridized carbons (Fsp3) is 0.458. The third kappa shape index (κ3) is 6.82. The molecule has 2 atom stereocenters. The zero-order valence-electron chi connectivity index (χ0n) is 18.5. The number of ether oxygens (including phenoxy) is 3. The molecule has 0 radical (unpaired) electrons. The lowest BCUT2D eigenvalue weighted by Gasteiger charge is -2.21. The van der Waals surface area contributed by atoms with Crippen molar-refractivity contribution in [1.82, 2.24) is 10.6 Å². The summed E-state index contributed by atoms with van der Waals surface area (Å²) in [5.74, 6) is 1.48. The Morgan fingerprint density at radius 1 is 1.19 bits per heavy atom. The summed E-state index contributed by atoms with van der Waals surface area (Å²) in [6.45, 7) is 1.26. The van der Waals surface area contributed by atoms with Crippen molar-refractivity contribution in [2.75, 3.05) is 26.8 Å². The fourth-order valence-corrected chi connectivity index (χ4v) is 3.68. The Bertz CT molecular complexity index is 865. The van der Waals surface area contributed by atoms with Crippen LogP contribution in [0.2, 0.25) is 0 Å². The van der Waals surface area contributed by atoms with E-state index in [1.165, 1.54) is 11.6 Å². The highest BCUT2D eigenvalue weighted by atomic mass is 19.3. The molecule has 1 heterocycles. The molecule has 0 amide bonds. The molecule has 0 aromatic heterocycles. The third-order valence-corrected chi connectivity index (χ3v) is 5.27. The lowest BCUT2D eigenvalue weighted by atomic mass is 9.95. The van der Waals surface area contributed by atoms with Crippen LogP contribution in [0.15, 0.2) is 53.5 Å². The lowest BCUT2D eigenvalue weighted by molar-refractivity contribution is -0.0505. The molecule has 1 aliphatic rings. The summed E-state index contributed by atoms with van der Waals surface area (Å²) >= 11 is 0. The van der Waals surface area contributed by atoms with Gasteiger partial charge in [-0.05, 0) is 30.5 Å². The highest BCUT2D eigenvalue weighted by molar-refractivity contribution is 5.79. The summed E-state index contributed by atoms with van der Waals surface area (Å²) < 4.78 is 41.9. The van der Waals surface area contributed by atoms with Crippen molar-refractivity contribution < 1.29 is 23.0 Å². The predicted molar refractivity (Wildman–Crippen MR) is 120 cm³/mol. The molecule has 1 fully saturated rings. The molecule has 32 heavy (non-hydrogen) atoms. The van der Waals surface area contributed by atoms with Gasteiger partial charge in [0.15, 0.2) is 5.96 Å². The van der Waals surface area contributed by atoms with Gasteiger partial charge in [0.25, 0.3) is 0 Å². The number of aliphatic imine (C=N–C) groups is 1. The monoisotopic (exact) mass is 447 g/mol. The second kappa shape index (κ2) is 12.2. The first kappa shape index (κ1) is 23.8. The Kier molecular flexibility index (Phi) is 9.10. The van der Waals surface area contributed by atoms with Crippen molar-refractivity contribution >= 4 is 5.96 Å². The van der Waals surface area contributed by atoms with Crippen LogP contribution < -0.4 is 20.1 Å². The molecule has 0 spiro atoms. The van der Waals surface area contributed by atoms with Gasteiger partial charge in [-0.1, -0.05) is 37.3 Å². The molecule has 0 saturated carbocycles. The van der Waals surface area contributed by atoms with Crippen LogP contribution in [0.4, 0.5) is 8.78 Å².